The minimum absolute atomic E-state index is 0.180. The molecule has 0 bridgehead atoms. The second kappa shape index (κ2) is 12.0. The van der Waals surface area contributed by atoms with E-state index in [1.54, 1.807) is 6.08 Å². The molecule has 33 heavy (non-hydrogen) atoms. The molecule has 0 atom stereocenters. The summed E-state index contributed by atoms with van der Waals surface area (Å²) in [5, 5.41) is 0.484. The number of nitrogens with zero attached hydrogens (tertiary/aromatic N) is 3. The summed E-state index contributed by atoms with van der Waals surface area (Å²) in [5.74, 6) is 2.16. The maximum atomic E-state index is 13.7. The summed E-state index contributed by atoms with van der Waals surface area (Å²) in [5.41, 5.74) is 4.15. The van der Waals surface area contributed by atoms with Crippen molar-refractivity contribution >= 4 is 22.9 Å². The molecule has 0 aliphatic heterocycles. The predicted octanol–water partition coefficient (Wildman–Crippen LogP) is 6.47. The lowest BCUT2D eigenvalue weighted by Gasteiger charge is -2.12. The highest BCUT2D eigenvalue weighted by Crippen LogP contribution is 2.35. The molecule has 0 saturated carbocycles. The Morgan fingerprint density at radius 3 is 2.76 bits per heavy atom. The lowest BCUT2D eigenvalue weighted by atomic mass is 10.1. The van der Waals surface area contributed by atoms with Gasteiger partial charge in [0.15, 0.2) is 0 Å². The van der Waals surface area contributed by atoms with Crippen molar-refractivity contribution in [1.82, 2.24) is 9.55 Å². The van der Waals surface area contributed by atoms with Crippen LogP contribution in [0.3, 0.4) is 0 Å². The molecule has 0 radical (unpaired) electrons. The standard InChI is InChI=1S/C26H31ClFN3O2/c1-5-19(16-18(4)29-6-2)25-23(12-15-32-7-3)31(14-13-28)26(30-25)20-8-11-24(22(27)17-20)33-21-9-10-21/h5,8-9,11,16-17H,1,6-7,10,12-15H2,2-4H3/b19-16+,29-18?. The van der Waals surface area contributed by atoms with E-state index < -0.39 is 6.67 Å². The summed E-state index contributed by atoms with van der Waals surface area (Å²) >= 11 is 6.50. The van der Waals surface area contributed by atoms with E-state index in [0.717, 1.165) is 40.4 Å². The van der Waals surface area contributed by atoms with Crippen LogP contribution >= 0.6 is 11.6 Å². The zero-order valence-electron chi connectivity index (χ0n) is 19.5. The van der Waals surface area contributed by atoms with E-state index >= 15 is 0 Å². The Bertz CT molecular complexity index is 1090. The second-order valence-corrected chi connectivity index (χ2v) is 7.97. The quantitative estimate of drug-likeness (QED) is 0.191. The van der Waals surface area contributed by atoms with Gasteiger partial charge in [-0.15, -0.1) is 0 Å². The lowest BCUT2D eigenvalue weighted by molar-refractivity contribution is 0.149. The highest BCUT2D eigenvalue weighted by Gasteiger charge is 2.21. The average molecular weight is 472 g/mol. The van der Waals surface area contributed by atoms with Gasteiger partial charge in [0, 0.05) is 48.5 Å². The van der Waals surface area contributed by atoms with Gasteiger partial charge in [-0.25, -0.2) is 9.37 Å². The smallest absolute Gasteiger partial charge is 0.145 e. The number of allylic oxidation sites excluding steroid dienone is 5. The number of alkyl halides is 1. The van der Waals surface area contributed by atoms with Crippen LogP contribution in [0.15, 0.2) is 53.8 Å². The molecule has 0 saturated heterocycles. The van der Waals surface area contributed by atoms with Gasteiger partial charge in [-0.05, 0) is 51.1 Å². The van der Waals surface area contributed by atoms with Crippen molar-refractivity contribution in [3.63, 3.8) is 0 Å². The number of aliphatic imine (C=N–C) groups is 1. The monoisotopic (exact) mass is 471 g/mol. The van der Waals surface area contributed by atoms with Gasteiger partial charge in [0.05, 0.1) is 23.9 Å². The SMILES string of the molecule is C=C/C(=C\C(C)=NCC)c1nc(-c2ccc(OC3=CC3)c(Cl)c2)n(CCF)c1CCOCC. The summed E-state index contributed by atoms with van der Waals surface area (Å²) in [4.78, 5) is 9.40. The number of benzene rings is 1. The molecule has 1 aromatic heterocycles. The molecule has 0 N–H and O–H groups in total. The molecule has 1 heterocycles. The molecule has 0 spiro atoms. The first kappa shape index (κ1) is 24.9. The molecule has 7 heteroatoms. The Labute approximate surface area is 200 Å². The fourth-order valence-corrected chi connectivity index (χ4v) is 3.78. The Morgan fingerprint density at radius 1 is 1.36 bits per heavy atom. The van der Waals surface area contributed by atoms with E-state index in [9.17, 15) is 4.39 Å². The van der Waals surface area contributed by atoms with Crippen LogP contribution in [0.4, 0.5) is 4.39 Å². The van der Waals surface area contributed by atoms with Crippen molar-refractivity contribution in [1.29, 1.82) is 0 Å². The van der Waals surface area contributed by atoms with Crippen LogP contribution < -0.4 is 4.74 Å². The molecule has 0 unspecified atom stereocenters. The largest absolute Gasteiger partial charge is 0.460 e. The fraction of sp³-hybridized carbons (Fsp3) is 0.385. The maximum Gasteiger partial charge on any atom is 0.145 e. The second-order valence-electron chi connectivity index (χ2n) is 7.56. The highest BCUT2D eigenvalue weighted by molar-refractivity contribution is 6.32. The molecular formula is C26H31ClFN3O2. The van der Waals surface area contributed by atoms with E-state index in [1.165, 1.54) is 0 Å². The van der Waals surface area contributed by atoms with Crippen LogP contribution in [0, 0.1) is 0 Å². The van der Waals surface area contributed by atoms with E-state index in [0.29, 0.717) is 42.8 Å². The predicted molar refractivity (Wildman–Crippen MR) is 134 cm³/mol. The summed E-state index contributed by atoms with van der Waals surface area (Å²) in [7, 11) is 0. The van der Waals surface area contributed by atoms with Gasteiger partial charge >= 0.3 is 0 Å². The summed E-state index contributed by atoms with van der Waals surface area (Å²) < 4.78 is 26.9. The zero-order valence-corrected chi connectivity index (χ0v) is 20.3. The third-order valence-electron chi connectivity index (χ3n) is 5.14. The van der Waals surface area contributed by atoms with Crippen molar-refractivity contribution in [2.24, 2.45) is 4.99 Å². The van der Waals surface area contributed by atoms with Crippen molar-refractivity contribution in [2.45, 2.75) is 40.2 Å². The van der Waals surface area contributed by atoms with E-state index in [2.05, 4.69) is 11.6 Å². The number of hydrogen-bond acceptors (Lipinski definition) is 4. The van der Waals surface area contributed by atoms with Crippen LogP contribution in [0.1, 0.15) is 38.6 Å². The van der Waals surface area contributed by atoms with E-state index in [1.807, 2.05) is 55.7 Å². The van der Waals surface area contributed by atoms with E-state index in [-0.39, 0.29) is 6.54 Å². The van der Waals surface area contributed by atoms with Gasteiger partial charge in [0.25, 0.3) is 0 Å². The molecule has 1 aliphatic rings. The van der Waals surface area contributed by atoms with Gasteiger partial charge in [0.1, 0.15) is 24.0 Å². The van der Waals surface area contributed by atoms with Gasteiger partial charge in [0.2, 0.25) is 0 Å². The highest BCUT2D eigenvalue weighted by atomic mass is 35.5. The number of hydrogen-bond donors (Lipinski definition) is 0. The number of imidazole rings is 1. The molecule has 3 rings (SSSR count). The zero-order chi connectivity index (χ0) is 23.8. The van der Waals surface area contributed by atoms with Gasteiger partial charge in [-0.1, -0.05) is 24.3 Å². The first-order valence-electron chi connectivity index (χ1n) is 11.3. The van der Waals surface area contributed by atoms with Crippen molar-refractivity contribution in [3.05, 3.63) is 65.2 Å². The third-order valence-corrected chi connectivity index (χ3v) is 5.43. The normalized spacial score (nSPS) is 13.8. The van der Waals surface area contributed by atoms with Crippen LogP contribution in [-0.2, 0) is 17.7 Å². The first-order chi connectivity index (χ1) is 16.0. The van der Waals surface area contributed by atoms with Crippen LogP contribution in [0.5, 0.6) is 5.75 Å². The van der Waals surface area contributed by atoms with Crippen LogP contribution in [0.2, 0.25) is 5.02 Å². The molecule has 176 valence electrons. The number of aromatic nitrogens is 2. The topological polar surface area (TPSA) is 48.6 Å². The Balaban J connectivity index is 2.11. The molecular weight excluding hydrogens is 441 g/mol. The average Bonchev–Trinajstić information content (AvgIpc) is 3.55. The number of rotatable bonds is 13. The lowest BCUT2D eigenvalue weighted by Crippen LogP contribution is -2.10. The summed E-state index contributed by atoms with van der Waals surface area (Å²) in [6.45, 7) is 11.3. The van der Waals surface area contributed by atoms with Crippen LogP contribution in [0.25, 0.3) is 17.0 Å². The van der Waals surface area contributed by atoms with E-state index in [4.69, 9.17) is 26.1 Å². The molecule has 2 aromatic rings. The Hall–Kier alpha value is -2.70. The molecule has 0 amide bonds. The number of halogens is 2. The third kappa shape index (κ3) is 6.42. The minimum Gasteiger partial charge on any atom is -0.460 e. The van der Waals surface area contributed by atoms with Crippen molar-refractivity contribution in [3.8, 4) is 17.1 Å². The van der Waals surface area contributed by atoms with Gasteiger partial charge < -0.3 is 14.0 Å². The fourth-order valence-electron chi connectivity index (χ4n) is 3.56. The van der Waals surface area contributed by atoms with Crippen LogP contribution in [-0.4, -0.2) is 41.7 Å². The molecule has 1 aromatic carbocycles. The Morgan fingerprint density at radius 2 is 2.15 bits per heavy atom. The molecule has 0 fully saturated rings. The minimum atomic E-state index is -0.517. The van der Waals surface area contributed by atoms with Gasteiger partial charge in [-0.3, -0.25) is 4.99 Å². The van der Waals surface area contributed by atoms with Crippen molar-refractivity contribution < 1.29 is 13.9 Å². The van der Waals surface area contributed by atoms with Crippen molar-refractivity contribution in [2.75, 3.05) is 26.4 Å². The Kier molecular flexibility index (Phi) is 9.03. The summed E-state index contributed by atoms with van der Waals surface area (Å²) in [6, 6.07) is 5.54. The molecule has 5 nitrogen and oxygen atoms in total. The molecule has 1 aliphatic carbocycles. The maximum absolute atomic E-state index is 13.7. The summed E-state index contributed by atoms with van der Waals surface area (Å²) in [6.07, 6.45) is 7.15. The first-order valence-corrected chi connectivity index (χ1v) is 11.7. The number of ether oxygens (including phenoxy) is 2. The van der Waals surface area contributed by atoms with Gasteiger partial charge in [-0.2, -0.15) is 0 Å².